The number of fused-ring (bicyclic) bond motifs is 1. The molecule has 0 spiro atoms. The van der Waals surface area contributed by atoms with Crippen molar-refractivity contribution in [2.75, 3.05) is 5.73 Å². The minimum atomic E-state index is 0.694. The van der Waals surface area contributed by atoms with Crippen molar-refractivity contribution in [3.05, 3.63) is 40.3 Å². The Labute approximate surface area is 105 Å². The van der Waals surface area contributed by atoms with Crippen LogP contribution in [0.1, 0.15) is 0 Å². The van der Waals surface area contributed by atoms with Crippen molar-refractivity contribution in [3.63, 3.8) is 0 Å². The number of nitrogens with two attached hydrogens (primary N) is 1. The Morgan fingerprint density at radius 2 is 2.12 bits per heavy atom. The molecule has 3 nitrogen and oxygen atoms in total. The van der Waals surface area contributed by atoms with E-state index >= 15 is 0 Å². The Morgan fingerprint density at radius 1 is 1.25 bits per heavy atom. The summed E-state index contributed by atoms with van der Waals surface area (Å²) in [5.41, 5.74) is 6.97. The average molecular weight is 294 g/mol. The van der Waals surface area contributed by atoms with E-state index in [4.69, 9.17) is 5.73 Å². The van der Waals surface area contributed by atoms with E-state index in [1.807, 2.05) is 40.1 Å². The lowest BCUT2D eigenvalue weighted by atomic mass is 10.4. The molecule has 0 atom stereocenters. The molecule has 3 rings (SSSR count). The van der Waals surface area contributed by atoms with Crippen LogP contribution < -0.4 is 5.73 Å². The van der Waals surface area contributed by atoms with Gasteiger partial charge in [0.25, 0.3) is 0 Å². The van der Waals surface area contributed by atoms with Crippen LogP contribution in [-0.2, 0) is 0 Å². The summed E-state index contributed by atoms with van der Waals surface area (Å²) < 4.78 is 2.78. The molecule has 0 aliphatic heterocycles. The van der Waals surface area contributed by atoms with Crippen molar-refractivity contribution in [2.24, 2.45) is 0 Å². The molecule has 80 valence electrons. The first-order valence-electron chi connectivity index (χ1n) is 4.73. The molecule has 16 heavy (non-hydrogen) atoms. The molecule has 0 fully saturated rings. The predicted octanol–water partition coefficient (Wildman–Crippen LogP) is 3.41. The maximum Gasteiger partial charge on any atom is 0.157 e. The first-order valence-corrected chi connectivity index (χ1v) is 6.41. The molecule has 0 aliphatic rings. The number of imidazole rings is 1. The van der Waals surface area contributed by atoms with Crippen molar-refractivity contribution in [1.29, 1.82) is 0 Å². The van der Waals surface area contributed by atoms with Gasteiger partial charge in [-0.2, -0.15) is 0 Å². The molecule has 3 aromatic rings. The molecule has 2 N–H and O–H groups in total. The van der Waals surface area contributed by atoms with Gasteiger partial charge in [-0.15, -0.1) is 11.3 Å². The molecule has 0 aromatic carbocycles. The van der Waals surface area contributed by atoms with Gasteiger partial charge >= 0.3 is 0 Å². The largest absolute Gasteiger partial charge is 0.385 e. The number of pyridine rings is 1. The SMILES string of the molecule is Nc1cccc2c(Br)nc(-c3cccs3)n12. The number of aromatic nitrogens is 2. The fraction of sp³-hybridized carbons (Fsp3) is 0. The van der Waals surface area contributed by atoms with Crippen molar-refractivity contribution in [3.8, 4) is 10.7 Å². The van der Waals surface area contributed by atoms with Crippen LogP contribution in [0.3, 0.4) is 0 Å². The van der Waals surface area contributed by atoms with Crippen LogP contribution in [0.25, 0.3) is 16.2 Å². The summed E-state index contributed by atoms with van der Waals surface area (Å²) in [4.78, 5) is 5.61. The molecular weight excluding hydrogens is 286 g/mol. The zero-order chi connectivity index (χ0) is 11.1. The van der Waals surface area contributed by atoms with Crippen LogP contribution in [0.4, 0.5) is 5.82 Å². The number of thiophene rings is 1. The monoisotopic (exact) mass is 293 g/mol. The summed E-state index contributed by atoms with van der Waals surface area (Å²) in [6.45, 7) is 0. The van der Waals surface area contributed by atoms with Gasteiger partial charge in [-0.05, 0) is 39.5 Å². The molecule has 0 bridgehead atoms. The highest BCUT2D eigenvalue weighted by Gasteiger charge is 2.12. The van der Waals surface area contributed by atoms with E-state index in [1.165, 1.54) is 0 Å². The Balaban J connectivity index is 2.42. The molecule has 5 heteroatoms. The number of hydrogen-bond donors (Lipinski definition) is 1. The van der Waals surface area contributed by atoms with Crippen molar-refractivity contribution >= 4 is 38.6 Å². The summed E-state index contributed by atoms with van der Waals surface area (Å²) in [5.74, 6) is 1.58. The van der Waals surface area contributed by atoms with Crippen molar-refractivity contribution in [1.82, 2.24) is 9.38 Å². The molecule has 0 unspecified atom stereocenters. The van der Waals surface area contributed by atoms with Crippen LogP contribution in [0.5, 0.6) is 0 Å². The summed E-state index contributed by atoms with van der Waals surface area (Å²) in [6, 6.07) is 9.84. The van der Waals surface area contributed by atoms with Gasteiger partial charge in [0, 0.05) is 0 Å². The number of nitrogens with zero attached hydrogens (tertiary/aromatic N) is 2. The van der Waals surface area contributed by atoms with Crippen LogP contribution in [0, 0.1) is 0 Å². The van der Waals surface area contributed by atoms with Crippen molar-refractivity contribution in [2.45, 2.75) is 0 Å². The lowest BCUT2D eigenvalue weighted by Crippen LogP contribution is -1.97. The van der Waals surface area contributed by atoms with Gasteiger partial charge in [0.1, 0.15) is 10.4 Å². The Bertz CT molecular complexity index is 643. The Kier molecular flexibility index (Phi) is 2.22. The number of nitrogen functional groups attached to an aromatic ring is 1. The summed E-state index contributed by atoms with van der Waals surface area (Å²) in [5, 5.41) is 2.03. The minimum absolute atomic E-state index is 0.694. The first-order chi connectivity index (χ1) is 7.77. The lowest BCUT2D eigenvalue weighted by Gasteiger charge is -2.02. The van der Waals surface area contributed by atoms with Gasteiger partial charge in [0.15, 0.2) is 5.82 Å². The first kappa shape index (κ1) is 9.86. The van der Waals surface area contributed by atoms with E-state index in [0.29, 0.717) is 5.82 Å². The number of halogens is 1. The van der Waals surface area contributed by atoms with E-state index in [2.05, 4.69) is 20.9 Å². The van der Waals surface area contributed by atoms with Crippen LogP contribution in [-0.4, -0.2) is 9.38 Å². The normalized spacial score (nSPS) is 11.1. The van der Waals surface area contributed by atoms with E-state index in [1.54, 1.807) is 11.3 Å². The van der Waals surface area contributed by atoms with Crippen LogP contribution >= 0.6 is 27.3 Å². The highest BCUT2D eigenvalue weighted by Crippen LogP contribution is 2.30. The third kappa shape index (κ3) is 1.36. The maximum atomic E-state index is 5.98. The summed E-state index contributed by atoms with van der Waals surface area (Å²) in [6.07, 6.45) is 0. The summed E-state index contributed by atoms with van der Waals surface area (Å²) >= 11 is 5.11. The van der Waals surface area contributed by atoms with Gasteiger partial charge in [-0.3, -0.25) is 4.40 Å². The molecule has 0 aliphatic carbocycles. The fourth-order valence-electron chi connectivity index (χ4n) is 1.69. The van der Waals surface area contributed by atoms with Gasteiger partial charge in [0.2, 0.25) is 0 Å². The van der Waals surface area contributed by atoms with E-state index in [0.717, 1.165) is 20.8 Å². The van der Waals surface area contributed by atoms with Crippen LogP contribution in [0.15, 0.2) is 40.3 Å². The highest BCUT2D eigenvalue weighted by molar-refractivity contribution is 9.10. The zero-order valence-electron chi connectivity index (χ0n) is 8.22. The number of rotatable bonds is 1. The van der Waals surface area contributed by atoms with Gasteiger partial charge in [0.05, 0.1) is 10.4 Å². The number of hydrogen-bond acceptors (Lipinski definition) is 3. The Morgan fingerprint density at radius 3 is 2.88 bits per heavy atom. The van der Waals surface area contributed by atoms with Crippen LogP contribution in [0.2, 0.25) is 0 Å². The van der Waals surface area contributed by atoms with Gasteiger partial charge < -0.3 is 5.73 Å². The Hall–Kier alpha value is -1.33. The second kappa shape index (κ2) is 3.61. The van der Waals surface area contributed by atoms with Gasteiger partial charge in [-0.25, -0.2) is 4.98 Å². The predicted molar refractivity (Wildman–Crippen MR) is 70.6 cm³/mol. The molecule has 0 saturated heterocycles. The molecule has 0 saturated carbocycles. The van der Waals surface area contributed by atoms with Gasteiger partial charge in [-0.1, -0.05) is 12.1 Å². The molecular formula is C11H8BrN3S. The third-order valence-corrected chi connectivity index (χ3v) is 3.84. The second-order valence-electron chi connectivity index (χ2n) is 3.37. The highest BCUT2D eigenvalue weighted by atomic mass is 79.9. The van der Waals surface area contributed by atoms with E-state index in [-0.39, 0.29) is 0 Å². The number of anilines is 1. The van der Waals surface area contributed by atoms with Crippen molar-refractivity contribution < 1.29 is 0 Å². The van der Waals surface area contributed by atoms with E-state index in [9.17, 15) is 0 Å². The summed E-state index contributed by atoms with van der Waals surface area (Å²) in [7, 11) is 0. The molecule has 3 heterocycles. The standard InChI is InChI=1S/C11H8BrN3S/c12-10-7-3-1-5-9(13)15(7)11(14-10)8-4-2-6-16-8/h1-6H,13H2. The smallest absolute Gasteiger partial charge is 0.157 e. The minimum Gasteiger partial charge on any atom is -0.385 e. The zero-order valence-corrected chi connectivity index (χ0v) is 10.6. The molecule has 0 radical (unpaired) electrons. The molecule has 0 amide bonds. The fourth-order valence-corrected chi connectivity index (χ4v) is 2.88. The third-order valence-electron chi connectivity index (χ3n) is 2.39. The molecule has 3 aromatic heterocycles. The maximum absolute atomic E-state index is 5.98. The second-order valence-corrected chi connectivity index (χ2v) is 5.07. The topological polar surface area (TPSA) is 43.3 Å². The lowest BCUT2D eigenvalue weighted by molar-refractivity contribution is 1.18. The quantitative estimate of drug-likeness (QED) is 0.747. The van der Waals surface area contributed by atoms with E-state index < -0.39 is 0 Å². The average Bonchev–Trinajstić information content (AvgIpc) is 2.87.